The lowest BCUT2D eigenvalue weighted by molar-refractivity contribution is -0.114. The quantitative estimate of drug-likeness (QED) is 0.798. The van der Waals surface area contributed by atoms with Gasteiger partial charge in [-0.05, 0) is 31.5 Å². The van der Waals surface area contributed by atoms with Gasteiger partial charge in [0.1, 0.15) is 10.6 Å². The molecule has 1 aliphatic rings. The number of amides is 1. The van der Waals surface area contributed by atoms with Crippen LogP contribution in [-0.4, -0.2) is 58.3 Å². The molecule has 140 valence electrons. The van der Waals surface area contributed by atoms with E-state index in [9.17, 15) is 21.6 Å². The zero-order valence-electron chi connectivity index (χ0n) is 14.6. The number of anilines is 1. The van der Waals surface area contributed by atoms with Crippen LogP contribution < -0.4 is 10.1 Å². The number of hydrogen-bond acceptors (Lipinski definition) is 6. The molecule has 0 saturated carbocycles. The van der Waals surface area contributed by atoms with Crippen molar-refractivity contribution in [3.8, 4) is 5.75 Å². The Bertz CT molecular complexity index is 895. The van der Waals surface area contributed by atoms with E-state index in [-0.39, 0.29) is 34.5 Å². The van der Waals surface area contributed by atoms with Crippen molar-refractivity contribution in [2.75, 3.05) is 31.0 Å². The number of carbonyl (C=O) groups excluding carboxylic acids is 1. The first-order valence-corrected chi connectivity index (χ1v) is 10.8. The van der Waals surface area contributed by atoms with Crippen LogP contribution in [0.2, 0.25) is 0 Å². The summed E-state index contributed by atoms with van der Waals surface area (Å²) in [5.41, 5.74) is -0.725. The zero-order valence-corrected chi connectivity index (χ0v) is 16.2. The Morgan fingerprint density at radius 2 is 2.00 bits per heavy atom. The first-order valence-electron chi connectivity index (χ1n) is 7.56. The number of ether oxygens (including phenoxy) is 1. The summed E-state index contributed by atoms with van der Waals surface area (Å²) in [6.07, 6.45) is 0.221. The van der Waals surface area contributed by atoms with Crippen molar-refractivity contribution in [2.45, 2.75) is 30.7 Å². The average molecular weight is 390 g/mol. The lowest BCUT2D eigenvalue weighted by atomic mass is 10.0. The van der Waals surface area contributed by atoms with Gasteiger partial charge >= 0.3 is 0 Å². The number of rotatable bonds is 5. The van der Waals surface area contributed by atoms with Crippen molar-refractivity contribution in [2.24, 2.45) is 0 Å². The summed E-state index contributed by atoms with van der Waals surface area (Å²) in [5, 5.41) is 2.53. The molecule has 0 aliphatic carbocycles. The first kappa shape index (κ1) is 19.7. The molecule has 1 aromatic carbocycles. The fourth-order valence-electron chi connectivity index (χ4n) is 2.84. The largest absolute Gasteiger partial charge is 0.495 e. The molecule has 1 aliphatic heterocycles. The Kier molecular flexibility index (Phi) is 5.18. The number of methoxy groups -OCH3 is 1. The number of benzene rings is 1. The molecule has 1 aromatic rings. The Labute approximate surface area is 148 Å². The molecular weight excluding hydrogens is 368 g/mol. The van der Waals surface area contributed by atoms with Crippen LogP contribution in [0.15, 0.2) is 23.1 Å². The van der Waals surface area contributed by atoms with Crippen molar-refractivity contribution in [1.29, 1.82) is 0 Å². The Morgan fingerprint density at radius 1 is 1.36 bits per heavy atom. The van der Waals surface area contributed by atoms with Crippen molar-refractivity contribution >= 4 is 31.5 Å². The minimum absolute atomic E-state index is 0.0492. The van der Waals surface area contributed by atoms with Gasteiger partial charge in [-0.2, -0.15) is 4.31 Å². The molecule has 1 atom stereocenters. The summed E-state index contributed by atoms with van der Waals surface area (Å²) in [7, 11) is -4.61. The van der Waals surface area contributed by atoms with Crippen LogP contribution in [0.1, 0.15) is 20.3 Å². The third kappa shape index (κ3) is 3.96. The first-order chi connectivity index (χ1) is 11.4. The number of sulfonamides is 1. The molecule has 1 amide bonds. The van der Waals surface area contributed by atoms with Gasteiger partial charge in [0.15, 0.2) is 9.84 Å². The topological polar surface area (TPSA) is 110 Å². The van der Waals surface area contributed by atoms with E-state index < -0.39 is 25.4 Å². The smallest absolute Gasteiger partial charge is 0.247 e. The van der Waals surface area contributed by atoms with Crippen LogP contribution in [-0.2, 0) is 24.7 Å². The van der Waals surface area contributed by atoms with E-state index in [2.05, 4.69) is 5.32 Å². The summed E-state index contributed by atoms with van der Waals surface area (Å²) in [6, 6.07) is 4.28. The van der Waals surface area contributed by atoms with Crippen molar-refractivity contribution in [3.05, 3.63) is 18.2 Å². The Hall–Kier alpha value is -1.65. The molecule has 10 heteroatoms. The third-order valence-electron chi connectivity index (χ3n) is 4.37. The SMILES string of the molecule is COc1ccc(NC(C)=O)cc1S(=O)(=O)N(C)[C@@]1(C)CCS(=O)(=O)C1. The molecule has 1 N–H and O–H groups in total. The number of hydrogen-bond donors (Lipinski definition) is 1. The molecule has 0 spiro atoms. The van der Waals surface area contributed by atoms with Gasteiger partial charge in [-0.15, -0.1) is 0 Å². The maximum absolute atomic E-state index is 13.1. The van der Waals surface area contributed by atoms with Gasteiger partial charge in [-0.3, -0.25) is 4.79 Å². The van der Waals surface area contributed by atoms with E-state index in [1.165, 1.54) is 39.3 Å². The standard InChI is InChI=1S/C15H22N2O6S2/c1-11(18)16-12-5-6-13(23-4)14(9-12)25(21,22)17(3)15(2)7-8-24(19,20)10-15/h5-6,9H,7-8,10H2,1-4H3,(H,16,18)/t15-/m0/s1. The molecular formula is C15H22N2O6S2. The minimum atomic E-state index is -4.04. The van der Waals surface area contributed by atoms with Crippen LogP contribution in [0, 0.1) is 0 Å². The van der Waals surface area contributed by atoms with E-state index in [4.69, 9.17) is 4.74 Å². The van der Waals surface area contributed by atoms with E-state index in [1.807, 2.05) is 0 Å². The summed E-state index contributed by atoms with van der Waals surface area (Å²) in [6.45, 7) is 2.92. The van der Waals surface area contributed by atoms with Crippen molar-refractivity contribution in [3.63, 3.8) is 0 Å². The molecule has 0 bridgehead atoms. The van der Waals surface area contributed by atoms with Crippen LogP contribution >= 0.6 is 0 Å². The second-order valence-electron chi connectivity index (χ2n) is 6.36. The highest BCUT2D eigenvalue weighted by atomic mass is 32.2. The molecule has 1 saturated heterocycles. The molecule has 1 fully saturated rings. The van der Waals surface area contributed by atoms with Crippen LogP contribution in [0.4, 0.5) is 5.69 Å². The summed E-state index contributed by atoms with van der Waals surface area (Å²) < 4.78 is 56.0. The summed E-state index contributed by atoms with van der Waals surface area (Å²) in [4.78, 5) is 11.1. The van der Waals surface area contributed by atoms with E-state index in [0.29, 0.717) is 5.69 Å². The maximum atomic E-state index is 13.1. The van der Waals surface area contributed by atoms with Gasteiger partial charge in [0.05, 0.1) is 18.6 Å². The summed E-state index contributed by atoms with van der Waals surface area (Å²) >= 11 is 0. The van der Waals surface area contributed by atoms with Gasteiger partial charge in [0.25, 0.3) is 0 Å². The predicted molar refractivity (Wildman–Crippen MR) is 93.9 cm³/mol. The molecule has 1 heterocycles. The molecule has 2 rings (SSSR count). The summed E-state index contributed by atoms with van der Waals surface area (Å²) in [5.74, 6) is -0.503. The average Bonchev–Trinajstić information content (AvgIpc) is 2.80. The molecule has 0 radical (unpaired) electrons. The van der Waals surface area contributed by atoms with Crippen molar-refractivity contribution < 1.29 is 26.4 Å². The maximum Gasteiger partial charge on any atom is 0.247 e. The highest BCUT2D eigenvalue weighted by molar-refractivity contribution is 7.92. The predicted octanol–water partition coefficient (Wildman–Crippen LogP) is 0.851. The van der Waals surface area contributed by atoms with Crippen LogP contribution in [0.5, 0.6) is 5.75 Å². The Balaban J connectivity index is 2.49. The molecule has 25 heavy (non-hydrogen) atoms. The number of sulfone groups is 1. The van der Waals surface area contributed by atoms with Crippen molar-refractivity contribution in [1.82, 2.24) is 4.31 Å². The number of nitrogens with one attached hydrogen (secondary N) is 1. The fourth-order valence-corrected chi connectivity index (χ4v) is 6.81. The van der Waals surface area contributed by atoms with Gasteiger partial charge in [0.2, 0.25) is 15.9 Å². The number of carbonyl (C=O) groups is 1. The lowest BCUT2D eigenvalue weighted by Crippen LogP contribution is -2.48. The van der Waals surface area contributed by atoms with Gasteiger partial charge < -0.3 is 10.1 Å². The highest BCUT2D eigenvalue weighted by Gasteiger charge is 2.46. The molecule has 8 nitrogen and oxygen atoms in total. The van der Waals surface area contributed by atoms with Gasteiger partial charge in [-0.1, -0.05) is 0 Å². The minimum Gasteiger partial charge on any atom is -0.495 e. The van der Waals surface area contributed by atoms with Crippen LogP contribution in [0.3, 0.4) is 0 Å². The fraction of sp³-hybridized carbons (Fsp3) is 0.533. The second kappa shape index (κ2) is 6.58. The van der Waals surface area contributed by atoms with Gasteiger partial charge in [-0.25, -0.2) is 16.8 Å². The molecule has 0 aromatic heterocycles. The third-order valence-corrected chi connectivity index (χ3v) is 8.29. The number of nitrogens with zero attached hydrogens (tertiary/aromatic N) is 1. The van der Waals surface area contributed by atoms with E-state index in [1.54, 1.807) is 6.92 Å². The monoisotopic (exact) mass is 390 g/mol. The normalized spacial score (nSPS) is 22.8. The molecule has 0 unspecified atom stereocenters. The van der Waals surface area contributed by atoms with E-state index in [0.717, 1.165) is 4.31 Å². The second-order valence-corrected chi connectivity index (χ2v) is 10.5. The van der Waals surface area contributed by atoms with Gasteiger partial charge in [0, 0.05) is 25.2 Å². The highest BCUT2D eigenvalue weighted by Crippen LogP contribution is 2.36. The van der Waals surface area contributed by atoms with Crippen LogP contribution in [0.25, 0.3) is 0 Å². The van der Waals surface area contributed by atoms with E-state index >= 15 is 0 Å². The Morgan fingerprint density at radius 3 is 2.48 bits per heavy atom. The zero-order chi connectivity index (χ0) is 19.0. The lowest BCUT2D eigenvalue weighted by Gasteiger charge is -2.33.